The second kappa shape index (κ2) is 6.85. The third-order valence-corrected chi connectivity index (χ3v) is 5.72. The predicted molar refractivity (Wildman–Crippen MR) is 109 cm³/mol. The Kier molecular flexibility index (Phi) is 4.52. The Morgan fingerprint density at radius 3 is 2.67 bits per heavy atom. The SMILES string of the molecule is Cc1ccc(NC(=O)CSc2nnc3n2C(C)(C)Cc2ccccc2-3)cc1. The molecule has 3 aromatic rings. The number of amides is 1. The number of thioether (sulfide) groups is 1. The maximum Gasteiger partial charge on any atom is 0.234 e. The number of aryl methyl sites for hydroxylation is 1. The predicted octanol–water partition coefficient (Wildman–Crippen LogP) is 4.28. The van der Waals surface area contributed by atoms with Crippen LogP contribution in [0, 0.1) is 6.92 Å². The molecule has 0 unspecified atom stereocenters. The number of hydrogen-bond acceptors (Lipinski definition) is 4. The average Bonchev–Trinajstić information content (AvgIpc) is 3.07. The number of rotatable bonds is 4. The van der Waals surface area contributed by atoms with Gasteiger partial charge in [-0.2, -0.15) is 0 Å². The van der Waals surface area contributed by atoms with Gasteiger partial charge in [-0.05, 0) is 44.9 Å². The first-order chi connectivity index (χ1) is 12.9. The van der Waals surface area contributed by atoms with Crippen molar-refractivity contribution in [3.8, 4) is 11.4 Å². The zero-order valence-electron chi connectivity index (χ0n) is 15.7. The second-order valence-electron chi connectivity index (χ2n) is 7.49. The summed E-state index contributed by atoms with van der Waals surface area (Å²) in [5, 5.41) is 12.5. The van der Waals surface area contributed by atoms with Gasteiger partial charge in [-0.1, -0.05) is 53.7 Å². The number of nitrogens with zero attached hydrogens (tertiary/aromatic N) is 3. The lowest BCUT2D eigenvalue weighted by molar-refractivity contribution is -0.113. The third kappa shape index (κ3) is 3.49. The van der Waals surface area contributed by atoms with E-state index >= 15 is 0 Å². The monoisotopic (exact) mass is 378 g/mol. The van der Waals surface area contributed by atoms with Gasteiger partial charge >= 0.3 is 0 Å². The van der Waals surface area contributed by atoms with Gasteiger partial charge in [0.25, 0.3) is 0 Å². The molecule has 0 aliphatic carbocycles. The van der Waals surface area contributed by atoms with Gasteiger partial charge in [-0.15, -0.1) is 10.2 Å². The molecule has 0 bridgehead atoms. The van der Waals surface area contributed by atoms with Crippen LogP contribution in [-0.4, -0.2) is 26.4 Å². The van der Waals surface area contributed by atoms with Crippen LogP contribution in [0.2, 0.25) is 0 Å². The molecule has 1 amide bonds. The van der Waals surface area contributed by atoms with Gasteiger partial charge in [-0.3, -0.25) is 9.36 Å². The topological polar surface area (TPSA) is 59.8 Å². The highest BCUT2D eigenvalue weighted by molar-refractivity contribution is 7.99. The van der Waals surface area contributed by atoms with Gasteiger partial charge in [0, 0.05) is 16.8 Å². The first-order valence-electron chi connectivity index (χ1n) is 8.97. The molecule has 138 valence electrons. The van der Waals surface area contributed by atoms with E-state index in [2.05, 4.69) is 52.1 Å². The van der Waals surface area contributed by atoms with E-state index in [1.807, 2.05) is 37.3 Å². The molecule has 1 N–H and O–H groups in total. The molecule has 2 aromatic carbocycles. The summed E-state index contributed by atoms with van der Waals surface area (Å²) in [6.07, 6.45) is 0.914. The van der Waals surface area contributed by atoms with Crippen LogP contribution in [0.4, 0.5) is 5.69 Å². The number of anilines is 1. The second-order valence-corrected chi connectivity index (χ2v) is 8.43. The fraction of sp³-hybridized carbons (Fsp3) is 0.286. The Morgan fingerprint density at radius 1 is 1.15 bits per heavy atom. The minimum absolute atomic E-state index is 0.0461. The number of carbonyl (C=O) groups is 1. The van der Waals surface area contributed by atoms with Crippen molar-refractivity contribution in [2.24, 2.45) is 0 Å². The molecule has 0 spiro atoms. The third-order valence-electron chi connectivity index (χ3n) is 4.79. The molecule has 6 heteroatoms. The van der Waals surface area contributed by atoms with Crippen molar-refractivity contribution in [2.75, 3.05) is 11.1 Å². The Labute approximate surface area is 163 Å². The molecule has 27 heavy (non-hydrogen) atoms. The van der Waals surface area contributed by atoms with Crippen LogP contribution < -0.4 is 5.32 Å². The minimum Gasteiger partial charge on any atom is -0.325 e. The van der Waals surface area contributed by atoms with Crippen LogP contribution in [0.3, 0.4) is 0 Å². The highest BCUT2D eigenvalue weighted by atomic mass is 32.2. The molecule has 2 heterocycles. The minimum atomic E-state index is -0.136. The van der Waals surface area contributed by atoms with Gasteiger partial charge < -0.3 is 5.32 Å². The molecule has 1 aliphatic rings. The summed E-state index contributed by atoms with van der Waals surface area (Å²) < 4.78 is 2.17. The maximum atomic E-state index is 12.3. The van der Waals surface area contributed by atoms with E-state index in [0.717, 1.165) is 28.7 Å². The van der Waals surface area contributed by atoms with Crippen molar-refractivity contribution < 1.29 is 4.79 Å². The summed E-state index contributed by atoms with van der Waals surface area (Å²) in [6.45, 7) is 6.40. The van der Waals surface area contributed by atoms with Crippen LogP contribution in [0.25, 0.3) is 11.4 Å². The molecule has 0 radical (unpaired) electrons. The molecule has 4 rings (SSSR count). The van der Waals surface area contributed by atoms with E-state index in [1.165, 1.54) is 22.9 Å². The van der Waals surface area contributed by atoms with Gasteiger partial charge in [0.05, 0.1) is 5.75 Å². The summed E-state index contributed by atoms with van der Waals surface area (Å²) in [6, 6.07) is 16.1. The van der Waals surface area contributed by atoms with Crippen molar-refractivity contribution in [3.05, 3.63) is 59.7 Å². The zero-order valence-corrected chi connectivity index (χ0v) is 16.5. The molecule has 0 saturated heterocycles. The van der Waals surface area contributed by atoms with Crippen LogP contribution in [0.1, 0.15) is 25.0 Å². The van der Waals surface area contributed by atoms with E-state index in [9.17, 15) is 4.79 Å². The van der Waals surface area contributed by atoms with Crippen LogP contribution in [-0.2, 0) is 16.8 Å². The first kappa shape index (κ1) is 17.8. The lowest BCUT2D eigenvalue weighted by atomic mass is 9.87. The molecule has 0 saturated carbocycles. The molecule has 1 aliphatic heterocycles. The molecular formula is C21H22N4OS. The van der Waals surface area contributed by atoms with E-state index in [-0.39, 0.29) is 11.4 Å². The first-order valence-corrected chi connectivity index (χ1v) is 9.96. The molecule has 0 atom stereocenters. The molecular weight excluding hydrogens is 356 g/mol. The fourth-order valence-electron chi connectivity index (χ4n) is 3.49. The van der Waals surface area contributed by atoms with Gasteiger partial charge in [0.2, 0.25) is 5.91 Å². The van der Waals surface area contributed by atoms with E-state index in [4.69, 9.17) is 0 Å². The number of nitrogens with one attached hydrogen (secondary N) is 1. The van der Waals surface area contributed by atoms with E-state index < -0.39 is 0 Å². The Morgan fingerprint density at radius 2 is 1.89 bits per heavy atom. The molecule has 5 nitrogen and oxygen atoms in total. The largest absolute Gasteiger partial charge is 0.325 e. The Bertz CT molecular complexity index is 992. The quantitative estimate of drug-likeness (QED) is 0.689. The number of carbonyl (C=O) groups excluding carboxylic acids is 1. The lowest BCUT2D eigenvalue weighted by Crippen LogP contribution is -2.33. The molecule has 0 fully saturated rings. The smallest absolute Gasteiger partial charge is 0.234 e. The zero-order chi connectivity index (χ0) is 19.0. The van der Waals surface area contributed by atoms with Crippen molar-refractivity contribution >= 4 is 23.4 Å². The number of aromatic nitrogens is 3. The Balaban J connectivity index is 1.52. The molecule has 1 aromatic heterocycles. The van der Waals surface area contributed by atoms with Crippen molar-refractivity contribution in [1.29, 1.82) is 0 Å². The summed E-state index contributed by atoms with van der Waals surface area (Å²) in [5.74, 6) is 1.13. The summed E-state index contributed by atoms with van der Waals surface area (Å²) in [5.41, 5.74) is 4.25. The van der Waals surface area contributed by atoms with Crippen molar-refractivity contribution in [3.63, 3.8) is 0 Å². The number of benzene rings is 2. The Hall–Kier alpha value is -2.60. The van der Waals surface area contributed by atoms with Gasteiger partial charge in [0.1, 0.15) is 0 Å². The summed E-state index contributed by atoms with van der Waals surface area (Å²) >= 11 is 1.43. The summed E-state index contributed by atoms with van der Waals surface area (Å²) in [7, 11) is 0. The van der Waals surface area contributed by atoms with E-state index in [0.29, 0.717) is 5.75 Å². The summed E-state index contributed by atoms with van der Waals surface area (Å²) in [4.78, 5) is 12.3. The standard InChI is InChI=1S/C21H22N4OS/c1-14-8-10-16(11-9-14)22-18(26)13-27-20-24-23-19-17-7-5-4-6-15(17)12-21(2,3)25(19)20/h4-11H,12-13H2,1-3H3,(H,22,26). The highest BCUT2D eigenvalue weighted by Crippen LogP contribution is 2.39. The van der Waals surface area contributed by atoms with Crippen molar-refractivity contribution in [1.82, 2.24) is 14.8 Å². The van der Waals surface area contributed by atoms with Gasteiger partial charge in [0.15, 0.2) is 11.0 Å². The van der Waals surface area contributed by atoms with Crippen molar-refractivity contribution in [2.45, 2.75) is 37.9 Å². The number of fused-ring (bicyclic) bond motifs is 3. The fourth-order valence-corrected chi connectivity index (χ4v) is 4.38. The van der Waals surface area contributed by atoms with Crippen LogP contribution in [0.5, 0.6) is 0 Å². The van der Waals surface area contributed by atoms with E-state index in [1.54, 1.807) is 0 Å². The lowest BCUT2D eigenvalue weighted by Gasteiger charge is -2.34. The maximum absolute atomic E-state index is 12.3. The van der Waals surface area contributed by atoms with Gasteiger partial charge in [-0.25, -0.2) is 0 Å². The highest BCUT2D eigenvalue weighted by Gasteiger charge is 2.34. The van der Waals surface area contributed by atoms with Crippen LogP contribution >= 0.6 is 11.8 Å². The number of hydrogen-bond donors (Lipinski definition) is 1. The van der Waals surface area contributed by atoms with Crippen LogP contribution in [0.15, 0.2) is 53.7 Å². The average molecular weight is 379 g/mol. The normalized spacial score (nSPS) is 14.3.